The van der Waals surface area contributed by atoms with Crippen molar-refractivity contribution < 1.29 is 14.8 Å². The van der Waals surface area contributed by atoms with Crippen LogP contribution in [0.25, 0.3) is 0 Å². The van der Waals surface area contributed by atoms with Crippen LogP contribution < -0.4 is 0 Å². The Morgan fingerprint density at radius 3 is 2.35 bits per heavy atom. The Labute approximate surface area is 102 Å². The van der Waals surface area contributed by atoms with Gasteiger partial charge in [-0.1, -0.05) is 11.6 Å². The molecule has 5 nitrogen and oxygen atoms in total. The predicted octanol–water partition coefficient (Wildman–Crippen LogP) is 2.34. The molecule has 0 spiro atoms. The molecule has 0 aliphatic rings. The summed E-state index contributed by atoms with van der Waals surface area (Å²) >= 11 is 5.44. The van der Waals surface area contributed by atoms with Crippen LogP contribution in [0.4, 0.5) is 5.69 Å². The standard InChI is InChI=1S/C11H10ClNO4/c1-7(14)10(6-12)11(15)8-2-4-9(5-3-8)13(16)17/h2-6,11,15H,1H3/b10-6+. The molecule has 0 fully saturated rings. The van der Waals surface area contributed by atoms with Crippen LogP contribution in [0.2, 0.25) is 0 Å². The summed E-state index contributed by atoms with van der Waals surface area (Å²) in [6.45, 7) is 1.28. The van der Waals surface area contributed by atoms with E-state index in [1.165, 1.54) is 31.2 Å². The van der Waals surface area contributed by atoms with Crippen molar-refractivity contribution in [3.05, 3.63) is 51.1 Å². The molecule has 6 heteroatoms. The van der Waals surface area contributed by atoms with Crippen LogP contribution in [0.5, 0.6) is 0 Å². The third-order valence-corrected chi connectivity index (χ3v) is 2.47. The summed E-state index contributed by atoms with van der Waals surface area (Å²) in [4.78, 5) is 21.0. The Morgan fingerprint density at radius 2 is 2.00 bits per heavy atom. The number of carbonyl (C=O) groups is 1. The molecule has 1 unspecified atom stereocenters. The lowest BCUT2D eigenvalue weighted by Gasteiger charge is -2.11. The maximum Gasteiger partial charge on any atom is 0.269 e. The molecule has 1 rings (SSSR count). The van der Waals surface area contributed by atoms with E-state index in [4.69, 9.17) is 11.6 Å². The van der Waals surface area contributed by atoms with Crippen molar-refractivity contribution in [3.63, 3.8) is 0 Å². The second kappa shape index (κ2) is 5.56. The van der Waals surface area contributed by atoms with Gasteiger partial charge in [0.2, 0.25) is 0 Å². The zero-order valence-electron chi connectivity index (χ0n) is 8.96. The van der Waals surface area contributed by atoms with E-state index >= 15 is 0 Å². The van der Waals surface area contributed by atoms with E-state index in [0.717, 1.165) is 5.54 Å². The maximum absolute atomic E-state index is 11.1. The number of benzene rings is 1. The summed E-state index contributed by atoms with van der Waals surface area (Å²) in [7, 11) is 0. The second-order valence-electron chi connectivity index (χ2n) is 3.37. The number of non-ortho nitro benzene ring substituents is 1. The fourth-order valence-electron chi connectivity index (χ4n) is 1.29. The molecule has 90 valence electrons. The van der Waals surface area contributed by atoms with Crippen LogP contribution in [0.3, 0.4) is 0 Å². The van der Waals surface area contributed by atoms with E-state index in [0.29, 0.717) is 5.56 Å². The average molecular weight is 256 g/mol. The molecular weight excluding hydrogens is 246 g/mol. The molecule has 0 saturated carbocycles. The highest BCUT2D eigenvalue weighted by Crippen LogP contribution is 2.24. The Morgan fingerprint density at radius 1 is 1.47 bits per heavy atom. The molecule has 0 heterocycles. The molecule has 0 aliphatic carbocycles. The van der Waals surface area contributed by atoms with Crippen LogP contribution in [-0.2, 0) is 4.79 Å². The van der Waals surface area contributed by atoms with Crippen LogP contribution in [-0.4, -0.2) is 15.8 Å². The molecule has 0 amide bonds. The summed E-state index contributed by atoms with van der Waals surface area (Å²) < 4.78 is 0. The zero-order chi connectivity index (χ0) is 13.0. The highest BCUT2D eigenvalue weighted by molar-refractivity contribution is 6.27. The molecule has 1 aromatic rings. The number of ketones is 1. The van der Waals surface area contributed by atoms with Gasteiger partial charge < -0.3 is 5.11 Å². The fourth-order valence-corrected chi connectivity index (χ4v) is 1.56. The number of rotatable bonds is 4. The minimum absolute atomic E-state index is 0.0421. The van der Waals surface area contributed by atoms with E-state index < -0.39 is 11.0 Å². The molecule has 17 heavy (non-hydrogen) atoms. The third kappa shape index (κ3) is 3.12. The zero-order valence-corrected chi connectivity index (χ0v) is 9.72. The predicted molar refractivity (Wildman–Crippen MR) is 62.7 cm³/mol. The minimum atomic E-state index is -1.18. The first-order valence-corrected chi connectivity index (χ1v) is 5.14. The van der Waals surface area contributed by atoms with Gasteiger partial charge in [-0.3, -0.25) is 14.9 Å². The normalized spacial score (nSPS) is 13.2. The molecule has 0 aliphatic heterocycles. The highest BCUT2D eigenvalue weighted by atomic mass is 35.5. The van der Waals surface area contributed by atoms with Gasteiger partial charge >= 0.3 is 0 Å². The Balaban J connectivity index is 3.01. The average Bonchev–Trinajstić information content (AvgIpc) is 2.29. The van der Waals surface area contributed by atoms with Gasteiger partial charge in [-0.2, -0.15) is 0 Å². The Kier molecular flexibility index (Phi) is 4.37. The first kappa shape index (κ1) is 13.3. The number of nitro groups is 1. The summed E-state index contributed by atoms with van der Waals surface area (Å²) in [5, 5.41) is 20.3. The van der Waals surface area contributed by atoms with Gasteiger partial charge in [-0.25, -0.2) is 0 Å². The Bertz CT molecular complexity index is 467. The van der Waals surface area contributed by atoms with Crippen molar-refractivity contribution in [3.8, 4) is 0 Å². The molecule has 0 bridgehead atoms. The quantitative estimate of drug-likeness (QED) is 0.509. The van der Waals surface area contributed by atoms with E-state index in [1.807, 2.05) is 0 Å². The monoisotopic (exact) mass is 255 g/mol. The number of aliphatic hydroxyl groups is 1. The summed E-state index contributed by atoms with van der Waals surface area (Å²) in [6, 6.07) is 5.27. The molecule has 1 aromatic carbocycles. The topological polar surface area (TPSA) is 80.4 Å². The Hall–Kier alpha value is -1.72. The lowest BCUT2D eigenvalue weighted by Crippen LogP contribution is -2.08. The number of halogens is 1. The number of hydrogen-bond donors (Lipinski definition) is 1. The number of aliphatic hydroxyl groups excluding tert-OH is 1. The van der Waals surface area contributed by atoms with E-state index in [1.54, 1.807) is 0 Å². The number of nitro benzene ring substituents is 1. The van der Waals surface area contributed by atoms with Crippen molar-refractivity contribution in [1.82, 2.24) is 0 Å². The van der Waals surface area contributed by atoms with Gasteiger partial charge in [0.1, 0.15) is 6.10 Å². The number of hydrogen-bond acceptors (Lipinski definition) is 4. The van der Waals surface area contributed by atoms with Crippen molar-refractivity contribution in [2.24, 2.45) is 0 Å². The molecule has 1 atom stereocenters. The molecule has 0 radical (unpaired) electrons. The van der Waals surface area contributed by atoms with Crippen molar-refractivity contribution >= 4 is 23.1 Å². The summed E-state index contributed by atoms with van der Waals surface area (Å²) in [5.74, 6) is -0.356. The summed E-state index contributed by atoms with van der Waals surface area (Å²) in [6.07, 6.45) is -1.18. The number of nitrogens with zero attached hydrogens (tertiary/aromatic N) is 1. The maximum atomic E-state index is 11.1. The van der Waals surface area contributed by atoms with Gasteiger partial charge in [0.15, 0.2) is 5.78 Å². The smallest absolute Gasteiger partial charge is 0.269 e. The molecular formula is C11H10ClNO4. The first-order chi connectivity index (χ1) is 7.97. The molecule has 1 N–H and O–H groups in total. The minimum Gasteiger partial charge on any atom is -0.383 e. The van der Waals surface area contributed by atoms with E-state index in [9.17, 15) is 20.0 Å². The van der Waals surface area contributed by atoms with Gasteiger partial charge in [0.25, 0.3) is 5.69 Å². The van der Waals surface area contributed by atoms with E-state index in [2.05, 4.69) is 0 Å². The van der Waals surface area contributed by atoms with Crippen molar-refractivity contribution in [1.29, 1.82) is 0 Å². The number of Topliss-reactive ketones (excluding diaryl/α,β-unsaturated/α-hetero) is 1. The van der Waals surface area contributed by atoms with Crippen LogP contribution in [0, 0.1) is 10.1 Å². The highest BCUT2D eigenvalue weighted by Gasteiger charge is 2.17. The fraction of sp³-hybridized carbons (Fsp3) is 0.182. The summed E-state index contributed by atoms with van der Waals surface area (Å²) in [5.41, 5.74) is 1.34. The second-order valence-corrected chi connectivity index (χ2v) is 3.59. The number of carbonyl (C=O) groups excluding carboxylic acids is 1. The molecule has 0 aromatic heterocycles. The lowest BCUT2D eigenvalue weighted by molar-refractivity contribution is -0.384. The first-order valence-electron chi connectivity index (χ1n) is 4.71. The largest absolute Gasteiger partial charge is 0.383 e. The van der Waals surface area contributed by atoms with Crippen molar-refractivity contribution in [2.75, 3.05) is 0 Å². The molecule has 0 saturated heterocycles. The van der Waals surface area contributed by atoms with Gasteiger partial charge in [0.05, 0.1) is 4.92 Å². The van der Waals surface area contributed by atoms with Gasteiger partial charge in [-0.15, -0.1) is 0 Å². The van der Waals surface area contributed by atoms with Crippen LogP contribution in [0.1, 0.15) is 18.6 Å². The van der Waals surface area contributed by atoms with E-state index in [-0.39, 0.29) is 17.0 Å². The van der Waals surface area contributed by atoms with Gasteiger partial charge in [-0.05, 0) is 24.6 Å². The van der Waals surface area contributed by atoms with Crippen LogP contribution >= 0.6 is 11.6 Å². The van der Waals surface area contributed by atoms with Crippen LogP contribution in [0.15, 0.2) is 35.4 Å². The SMILES string of the molecule is CC(=O)/C(=C\Cl)C(O)c1ccc([N+](=O)[O-])cc1. The van der Waals surface area contributed by atoms with Gasteiger partial charge in [0, 0.05) is 23.2 Å². The third-order valence-electron chi connectivity index (χ3n) is 2.24. The lowest BCUT2D eigenvalue weighted by atomic mass is 10.0. The van der Waals surface area contributed by atoms with Crippen molar-refractivity contribution in [2.45, 2.75) is 13.0 Å².